The second-order valence-electron chi connectivity index (χ2n) is 10.9. The summed E-state index contributed by atoms with van der Waals surface area (Å²) in [5.41, 5.74) is 17.7. The molecule has 3 atom stereocenters. The van der Waals surface area contributed by atoms with Crippen LogP contribution >= 0.6 is 0 Å². The zero-order chi connectivity index (χ0) is 28.4. The molecule has 0 aromatic carbocycles. The Morgan fingerprint density at radius 3 is 2.41 bits per heavy atom. The van der Waals surface area contributed by atoms with Crippen LogP contribution in [-0.4, -0.2) is 68.2 Å². The van der Waals surface area contributed by atoms with E-state index in [9.17, 15) is 9.59 Å². The van der Waals surface area contributed by atoms with E-state index in [1.54, 1.807) is 29.3 Å². The third-order valence-corrected chi connectivity index (χ3v) is 8.32. The molecule has 2 saturated heterocycles. The second-order valence-corrected chi connectivity index (χ2v) is 10.9. The molecule has 208 valence electrons. The number of aryl methyl sites for hydroxylation is 1. The van der Waals surface area contributed by atoms with Crippen LogP contribution in [0.15, 0.2) is 43.0 Å². The number of pyridine rings is 1. The summed E-state index contributed by atoms with van der Waals surface area (Å²) in [5, 5.41) is 15.4. The predicted molar refractivity (Wildman–Crippen MR) is 151 cm³/mol. The van der Waals surface area contributed by atoms with Crippen LogP contribution in [0.2, 0.25) is 0 Å². The van der Waals surface area contributed by atoms with E-state index >= 15 is 0 Å². The number of hydrogen-bond donors (Lipinski definition) is 3. The van der Waals surface area contributed by atoms with Crippen molar-refractivity contribution in [3.63, 3.8) is 0 Å². The summed E-state index contributed by atoms with van der Waals surface area (Å²) in [5.74, 6) is 0.250. The molecule has 0 unspecified atom stereocenters. The largest absolute Gasteiger partial charge is 0.383 e. The van der Waals surface area contributed by atoms with Crippen molar-refractivity contribution in [3.8, 4) is 22.4 Å². The quantitative estimate of drug-likeness (QED) is 0.277. The number of nitrogens with one attached hydrogen (secondary N) is 1. The van der Waals surface area contributed by atoms with Crippen LogP contribution in [0.25, 0.3) is 28.0 Å². The average Bonchev–Trinajstić information content (AvgIpc) is 3.74. The number of H-pyrrole nitrogens is 1. The van der Waals surface area contributed by atoms with Gasteiger partial charge in [0.15, 0.2) is 11.4 Å². The lowest BCUT2D eigenvalue weighted by molar-refractivity contribution is 0.0562. The van der Waals surface area contributed by atoms with Gasteiger partial charge in [0.2, 0.25) is 0 Å². The van der Waals surface area contributed by atoms with Crippen molar-refractivity contribution >= 4 is 29.0 Å². The number of carbonyl (C=O) groups is 2. The van der Waals surface area contributed by atoms with Gasteiger partial charge in [-0.2, -0.15) is 19.8 Å². The number of aromatic nitrogens is 8. The molecule has 2 fully saturated rings. The van der Waals surface area contributed by atoms with Gasteiger partial charge in [-0.15, -0.1) is 0 Å². The highest BCUT2D eigenvalue weighted by atomic mass is 16.2. The Balaban J connectivity index is 1.25. The first kappa shape index (κ1) is 24.9. The van der Waals surface area contributed by atoms with Gasteiger partial charge >= 0.3 is 0 Å². The van der Waals surface area contributed by atoms with Gasteiger partial charge in [-0.05, 0) is 38.7 Å². The number of Topliss-reactive ketones (excluding diaryl/α,β-unsaturated/α-hetero) is 1. The van der Waals surface area contributed by atoms with E-state index in [4.69, 9.17) is 16.5 Å². The van der Waals surface area contributed by atoms with Gasteiger partial charge < -0.3 is 16.4 Å². The van der Waals surface area contributed by atoms with Crippen LogP contribution in [-0.2, 0) is 7.05 Å². The van der Waals surface area contributed by atoms with E-state index in [0.29, 0.717) is 35.4 Å². The van der Waals surface area contributed by atoms with E-state index in [1.807, 2.05) is 30.3 Å². The Morgan fingerprint density at radius 1 is 1.02 bits per heavy atom. The van der Waals surface area contributed by atoms with E-state index in [1.165, 1.54) is 11.4 Å². The summed E-state index contributed by atoms with van der Waals surface area (Å²) in [6.07, 6.45) is 10.3. The van der Waals surface area contributed by atoms with Gasteiger partial charge in [-0.25, -0.2) is 4.98 Å². The Hall–Kier alpha value is -5.07. The van der Waals surface area contributed by atoms with Crippen molar-refractivity contribution in [2.75, 3.05) is 11.5 Å². The molecular formula is C28H29N11O2. The summed E-state index contributed by atoms with van der Waals surface area (Å²) in [6.45, 7) is 1.50. The molecule has 7 rings (SSSR count). The summed E-state index contributed by atoms with van der Waals surface area (Å²) < 4.78 is 3.26. The number of aromatic amines is 1. The first-order chi connectivity index (χ1) is 19.8. The fourth-order valence-corrected chi connectivity index (χ4v) is 6.49. The number of piperidine rings is 1. The maximum absolute atomic E-state index is 13.3. The van der Waals surface area contributed by atoms with Crippen LogP contribution < -0.4 is 11.5 Å². The molecule has 5 aromatic rings. The lowest BCUT2D eigenvalue weighted by atomic mass is 9.85. The van der Waals surface area contributed by atoms with Crippen LogP contribution in [0.5, 0.6) is 0 Å². The highest BCUT2D eigenvalue weighted by Crippen LogP contribution is 2.45. The zero-order valence-corrected chi connectivity index (χ0v) is 22.7. The number of carbonyl (C=O) groups excluding carboxylic acids is 2. The molecule has 13 heteroatoms. The normalized spacial score (nSPS) is 20.1. The molecule has 1 amide bonds. The van der Waals surface area contributed by atoms with Crippen LogP contribution in [0.1, 0.15) is 65.1 Å². The number of nitrogen functional groups attached to an aromatic ring is 2. The molecule has 2 bridgehead atoms. The highest BCUT2D eigenvalue weighted by molar-refractivity contribution is 6.00. The fourth-order valence-electron chi connectivity index (χ4n) is 6.49. The Morgan fingerprint density at radius 2 is 1.80 bits per heavy atom. The van der Waals surface area contributed by atoms with Gasteiger partial charge in [0.05, 0.1) is 29.3 Å². The number of anilines is 2. The SMILES string of the molecule is CC(=O)c1c([C@@H]2C[C@H]3CC[C@@H](C2)N3C(=O)c2cc(N)n[nH]2)nc2c(-c3ccc(-c4cnn(C)c4)nc3)cnn2c1N. The monoisotopic (exact) mass is 551 g/mol. The van der Waals surface area contributed by atoms with E-state index in [-0.39, 0.29) is 41.3 Å². The topological polar surface area (TPSA) is 179 Å². The molecule has 5 N–H and O–H groups in total. The highest BCUT2D eigenvalue weighted by Gasteiger charge is 2.45. The molecule has 0 radical (unpaired) electrons. The first-order valence-corrected chi connectivity index (χ1v) is 13.6. The predicted octanol–water partition coefficient (Wildman–Crippen LogP) is 2.83. The summed E-state index contributed by atoms with van der Waals surface area (Å²) in [4.78, 5) is 37.8. The maximum Gasteiger partial charge on any atom is 0.272 e. The molecule has 0 saturated carbocycles. The minimum absolute atomic E-state index is 0.0171. The summed E-state index contributed by atoms with van der Waals surface area (Å²) in [7, 11) is 1.86. The summed E-state index contributed by atoms with van der Waals surface area (Å²) >= 11 is 0. The van der Waals surface area contributed by atoms with Crippen LogP contribution in [0, 0.1) is 0 Å². The van der Waals surface area contributed by atoms with Crippen LogP contribution in [0.4, 0.5) is 11.6 Å². The second kappa shape index (κ2) is 9.25. The molecular weight excluding hydrogens is 522 g/mol. The van der Waals surface area contributed by atoms with Crippen molar-refractivity contribution in [2.24, 2.45) is 7.05 Å². The number of nitrogens with two attached hydrogens (primary N) is 2. The number of nitrogens with zero attached hydrogens (tertiary/aromatic N) is 8. The van der Waals surface area contributed by atoms with Crippen molar-refractivity contribution in [1.29, 1.82) is 0 Å². The van der Waals surface area contributed by atoms with Crippen molar-refractivity contribution in [1.82, 2.24) is 44.5 Å². The molecule has 7 heterocycles. The molecule has 13 nitrogen and oxygen atoms in total. The number of rotatable bonds is 5. The Bertz CT molecular complexity index is 1800. The average molecular weight is 552 g/mol. The number of fused-ring (bicyclic) bond motifs is 3. The molecule has 0 aliphatic carbocycles. The summed E-state index contributed by atoms with van der Waals surface area (Å²) in [6, 6.07) is 5.50. The Labute approximate surface area is 234 Å². The minimum atomic E-state index is -0.162. The number of ketones is 1. The lowest BCUT2D eigenvalue weighted by Crippen LogP contribution is -2.46. The van der Waals surface area contributed by atoms with Crippen LogP contribution in [0.3, 0.4) is 0 Å². The van der Waals surface area contributed by atoms with Gasteiger partial charge in [-0.1, -0.05) is 6.07 Å². The van der Waals surface area contributed by atoms with Crippen molar-refractivity contribution < 1.29 is 9.59 Å². The minimum Gasteiger partial charge on any atom is -0.383 e. The lowest BCUT2D eigenvalue weighted by Gasteiger charge is -2.39. The Kier molecular flexibility index (Phi) is 5.63. The smallest absolute Gasteiger partial charge is 0.272 e. The molecule has 5 aromatic heterocycles. The van der Waals surface area contributed by atoms with E-state index < -0.39 is 0 Å². The molecule has 2 aliphatic heterocycles. The zero-order valence-electron chi connectivity index (χ0n) is 22.7. The van der Waals surface area contributed by atoms with Crippen molar-refractivity contribution in [3.05, 3.63) is 59.9 Å². The van der Waals surface area contributed by atoms with Gasteiger partial charge in [0, 0.05) is 60.2 Å². The van der Waals surface area contributed by atoms with E-state index in [2.05, 4.69) is 25.4 Å². The maximum atomic E-state index is 13.3. The van der Waals surface area contributed by atoms with E-state index in [0.717, 1.165) is 35.2 Å². The standard InChI is InChI=1S/C28H29N11O2/c1-14(40)24-25(16-7-18-4-5-19(8-16)38(18)28(41)22-9-23(29)36-35-22)34-27-20(12-33-39(27)26(24)30)15-3-6-21(31-10-15)17-11-32-37(2)13-17/h3,6,9-13,16,18-19H,4-5,7-8,30H2,1-2H3,(H3,29,35,36)/t16-,18-,19+. The number of hydrogen-bond acceptors (Lipinski definition) is 9. The van der Waals surface area contributed by atoms with Gasteiger partial charge in [0.25, 0.3) is 5.91 Å². The molecule has 0 spiro atoms. The molecule has 2 aliphatic rings. The number of amides is 1. The third kappa shape index (κ3) is 4.03. The van der Waals surface area contributed by atoms with Gasteiger partial charge in [0.1, 0.15) is 17.3 Å². The first-order valence-electron chi connectivity index (χ1n) is 13.6. The molecule has 41 heavy (non-hydrogen) atoms. The fraction of sp³-hybridized carbons (Fsp3) is 0.321. The van der Waals surface area contributed by atoms with Crippen molar-refractivity contribution in [2.45, 2.75) is 50.6 Å². The third-order valence-electron chi connectivity index (χ3n) is 8.32. The van der Waals surface area contributed by atoms with Gasteiger partial charge in [-0.3, -0.25) is 24.4 Å².